The molecule has 2 atom stereocenters. The summed E-state index contributed by atoms with van der Waals surface area (Å²) in [7, 11) is -1.14. The van der Waals surface area contributed by atoms with Crippen molar-refractivity contribution in [3.8, 4) is 0 Å². The molecule has 14 heavy (non-hydrogen) atoms. The van der Waals surface area contributed by atoms with Crippen LogP contribution in [0.3, 0.4) is 0 Å². The molecule has 0 aliphatic heterocycles. The van der Waals surface area contributed by atoms with Crippen molar-refractivity contribution in [3.63, 3.8) is 0 Å². The van der Waals surface area contributed by atoms with Crippen LogP contribution in [-0.2, 0) is 10.8 Å². The summed E-state index contributed by atoms with van der Waals surface area (Å²) >= 11 is 0. The Labute approximate surface area is 86.4 Å². The fraction of sp³-hybridized carbons (Fsp3) is 0.400. The van der Waals surface area contributed by atoms with Gasteiger partial charge < -0.3 is 10.8 Å². The van der Waals surface area contributed by atoms with Crippen molar-refractivity contribution in [3.05, 3.63) is 23.8 Å². The van der Waals surface area contributed by atoms with Crippen LogP contribution in [0.2, 0.25) is 0 Å². The summed E-state index contributed by atoms with van der Waals surface area (Å²) < 4.78 is 11.6. The smallest absolute Gasteiger partial charge is 0.0630 e. The molecule has 0 fully saturated rings. The lowest BCUT2D eigenvalue weighted by molar-refractivity contribution is 0.219. The predicted octanol–water partition coefficient (Wildman–Crippen LogP) is 1.07. The van der Waals surface area contributed by atoms with Crippen molar-refractivity contribution in [1.82, 2.24) is 0 Å². The number of aryl methyl sites for hydroxylation is 1. The molecule has 1 rings (SSSR count). The Kier molecular flexibility index (Phi) is 3.66. The lowest BCUT2D eigenvalue weighted by Gasteiger charge is -2.06. The molecule has 3 N–H and O–H groups in total. The highest BCUT2D eigenvalue weighted by atomic mass is 32.2. The standard InChI is InChI=1S/C10H15NO2S/c1-7-5-9(3-4-10(7)11)14(13)6-8(2)12/h3-5,8,12H,6,11H2,1-2H3. The molecular weight excluding hydrogens is 198 g/mol. The number of hydrogen-bond acceptors (Lipinski definition) is 3. The largest absolute Gasteiger partial charge is 0.399 e. The number of aliphatic hydroxyl groups is 1. The molecule has 78 valence electrons. The summed E-state index contributed by atoms with van der Waals surface area (Å²) in [6, 6.07) is 5.28. The molecule has 2 unspecified atom stereocenters. The molecule has 1 aromatic carbocycles. The lowest BCUT2D eigenvalue weighted by Crippen LogP contribution is -2.12. The lowest BCUT2D eigenvalue weighted by atomic mass is 10.2. The van der Waals surface area contributed by atoms with Crippen LogP contribution < -0.4 is 5.73 Å². The Balaban J connectivity index is 2.86. The molecule has 0 heterocycles. The maximum absolute atomic E-state index is 11.6. The van der Waals surface area contributed by atoms with E-state index in [1.807, 2.05) is 6.92 Å². The van der Waals surface area contributed by atoms with Crippen molar-refractivity contribution < 1.29 is 9.32 Å². The molecule has 3 nitrogen and oxygen atoms in total. The zero-order valence-electron chi connectivity index (χ0n) is 8.36. The van der Waals surface area contributed by atoms with Crippen LogP contribution in [0.15, 0.2) is 23.1 Å². The van der Waals surface area contributed by atoms with Gasteiger partial charge in [-0.25, -0.2) is 0 Å². The molecule has 0 aliphatic rings. The van der Waals surface area contributed by atoms with Crippen LogP contribution in [0.4, 0.5) is 5.69 Å². The molecule has 0 radical (unpaired) electrons. The average Bonchev–Trinajstić information content (AvgIpc) is 2.08. The normalized spacial score (nSPS) is 15.1. The first-order chi connectivity index (χ1) is 6.50. The number of aliphatic hydroxyl groups excluding tert-OH is 1. The summed E-state index contributed by atoms with van der Waals surface area (Å²) in [4.78, 5) is 0.720. The molecule has 0 aromatic heterocycles. The molecule has 0 saturated carbocycles. The van der Waals surface area contributed by atoms with Gasteiger partial charge in [0.25, 0.3) is 0 Å². The predicted molar refractivity (Wildman–Crippen MR) is 58.5 cm³/mol. The van der Waals surface area contributed by atoms with Gasteiger partial charge in [0.1, 0.15) is 0 Å². The summed E-state index contributed by atoms with van der Waals surface area (Å²) in [5.41, 5.74) is 7.26. The zero-order valence-corrected chi connectivity index (χ0v) is 9.17. The quantitative estimate of drug-likeness (QED) is 0.738. The van der Waals surface area contributed by atoms with Gasteiger partial charge in [-0.1, -0.05) is 0 Å². The number of nitrogens with two attached hydrogens (primary N) is 1. The van der Waals surface area contributed by atoms with Gasteiger partial charge in [-0.2, -0.15) is 0 Å². The van der Waals surface area contributed by atoms with E-state index in [0.29, 0.717) is 5.69 Å². The Morgan fingerprint density at radius 3 is 2.71 bits per heavy atom. The van der Waals surface area contributed by atoms with Crippen molar-refractivity contribution in [2.24, 2.45) is 0 Å². The second-order valence-electron chi connectivity index (χ2n) is 3.38. The molecule has 0 bridgehead atoms. The van der Waals surface area contributed by atoms with Gasteiger partial charge in [-0.05, 0) is 37.6 Å². The number of anilines is 1. The average molecular weight is 213 g/mol. The van der Waals surface area contributed by atoms with Crippen LogP contribution >= 0.6 is 0 Å². The van der Waals surface area contributed by atoms with E-state index in [9.17, 15) is 4.21 Å². The van der Waals surface area contributed by atoms with Gasteiger partial charge in [0.05, 0.1) is 22.7 Å². The maximum atomic E-state index is 11.6. The van der Waals surface area contributed by atoms with Crippen LogP contribution in [0.25, 0.3) is 0 Å². The minimum Gasteiger partial charge on any atom is -0.399 e. The molecule has 0 amide bonds. The third-order valence-electron chi connectivity index (χ3n) is 1.90. The Hall–Kier alpha value is -0.870. The van der Waals surface area contributed by atoms with E-state index in [4.69, 9.17) is 10.8 Å². The van der Waals surface area contributed by atoms with Gasteiger partial charge in [-0.15, -0.1) is 0 Å². The summed E-state index contributed by atoms with van der Waals surface area (Å²) in [6.07, 6.45) is -0.548. The van der Waals surface area contributed by atoms with E-state index in [0.717, 1.165) is 10.5 Å². The van der Waals surface area contributed by atoms with E-state index in [1.54, 1.807) is 25.1 Å². The summed E-state index contributed by atoms with van der Waals surface area (Å²) in [5.74, 6) is 0.267. The molecule has 1 aromatic rings. The Morgan fingerprint density at radius 2 is 2.21 bits per heavy atom. The van der Waals surface area contributed by atoms with Gasteiger partial charge in [0.2, 0.25) is 0 Å². The highest BCUT2D eigenvalue weighted by Crippen LogP contribution is 2.16. The van der Waals surface area contributed by atoms with Crippen molar-refractivity contribution in [1.29, 1.82) is 0 Å². The number of hydrogen-bond donors (Lipinski definition) is 2. The van der Waals surface area contributed by atoms with Gasteiger partial charge >= 0.3 is 0 Å². The second kappa shape index (κ2) is 4.57. The number of nitrogen functional groups attached to an aromatic ring is 1. The van der Waals surface area contributed by atoms with E-state index >= 15 is 0 Å². The summed E-state index contributed by atoms with van der Waals surface area (Å²) in [5, 5.41) is 9.09. The van der Waals surface area contributed by atoms with Crippen molar-refractivity contribution in [2.75, 3.05) is 11.5 Å². The highest BCUT2D eigenvalue weighted by molar-refractivity contribution is 7.85. The van der Waals surface area contributed by atoms with Crippen LogP contribution in [0, 0.1) is 6.92 Å². The third kappa shape index (κ3) is 2.82. The van der Waals surface area contributed by atoms with Crippen LogP contribution in [0.5, 0.6) is 0 Å². The topological polar surface area (TPSA) is 63.3 Å². The monoisotopic (exact) mass is 213 g/mol. The molecule has 0 saturated heterocycles. The number of benzene rings is 1. The SMILES string of the molecule is Cc1cc(S(=O)CC(C)O)ccc1N. The second-order valence-corrected chi connectivity index (χ2v) is 4.88. The van der Waals surface area contributed by atoms with Crippen molar-refractivity contribution in [2.45, 2.75) is 24.8 Å². The highest BCUT2D eigenvalue weighted by Gasteiger charge is 2.07. The van der Waals surface area contributed by atoms with E-state index in [2.05, 4.69) is 0 Å². The maximum Gasteiger partial charge on any atom is 0.0630 e. The molecule has 0 aliphatic carbocycles. The van der Waals surface area contributed by atoms with Crippen LogP contribution in [0.1, 0.15) is 12.5 Å². The molecule has 0 spiro atoms. The van der Waals surface area contributed by atoms with Gasteiger partial charge in [-0.3, -0.25) is 4.21 Å². The first-order valence-corrected chi connectivity index (χ1v) is 5.75. The van der Waals surface area contributed by atoms with Crippen molar-refractivity contribution >= 4 is 16.5 Å². The zero-order chi connectivity index (χ0) is 10.7. The molecule has 4 heteroatoms. The first kappa shape index (κ1) is 11.2. The fourth-order valence-electron chi connectivity index (χ4n) is 1.11. The fourth-order valence-corrected chi connectivity index (χ4v) is 2.26. The minimum absolute atomic E-state index is 0.267. The third-order valence-corrected chi connectivity index (χ3v) is 3.46. The van der Waals surface area contributed by atoms with Gasteiger partial charge in [0, 0.05) is 10.6 Å². The van der Waals surface area contributed by atoms with Crippen LogP contribution in [-0.4, -0.2) is 21.2 Å². The molecular formula is C10H15NO2S. The van der Waals surface area contributed by atoms with E-state index in [-0.39, 0.29) is 5.75 Å². The Morgan fingerprint density at radius 1 is 1.57 bits per heavy atom. The van der Waals surface area contributed by atoms with Gasteiger partial charge in [0.15, 0.2) is 0 Å². The van der Waals surface area contributed by atoms with E-state index < -0.39 is 16.9 Å². The first-order valence-electron chi connectivity index (χ1n) is 4.43. The van der Waals surface area contributed by atoms with E-state index in [1.165, 1.54) is 0 Å². The number of rotatable bonds is 3. The minimum atomic E-state index is -1.14. The Bertz CT molecular complexity index is 350. The summed E-state index contributed by atoms with van der Waals surface area (Å²) in [6.45, 7) is 3.50.